The average molecular weight is 500 g/mol. The maximum Gasteiger partial charge on any atom is 0.229 e. The molecule has 1 atom stereocenters. The van der Waals surface area contributed by atoms with Gasteiger partial charge in [-0.15, -0.1) is 4.72 Å². The molecule has 0 saturated carbocycles. The Labute approximate surface area is 209 Å². The van der Waals surface area contributed by atoms with Gasteiger partial charge in [-0.2, -0.15) is 4.98 Å². The fraction of sp³-hybridized carbons (Fsp3) is 0.333. The van der Waals surface area contributed by atoms with E-state index in [1.807, 2.05) is 50.2 Å². The summed E-state index contributed by atoms with van der Waals surface area (Å²) in [4.78, 5) is 14.2. The number of rotatable bonds is 8. The van der Waals surface area contributed by atoms with Crippen molar-refractivity contribution in [3.63, 3.8) is 0 Å². The van der Waals surface area contributed by atoms with Crippen molar-refractivity contribution in [2.75, 3.05) is 48.8 Å². The Morgan fingerprint density at radius 3 is 2.44 bits per heavy atom. The van der Waals surface area contributed by atoms with Crippen molar-refractivity contribution in [3.8, 4) is 0 Å². The zero-order valence-electron chi connectivity index (χ0n) is 19.6. The van der Waals surface area contributed by atoms with Crippen molar-refractivity contribution in [2.24, 2.45) is 0 Å². The van der Waals surface area contributed by atoms with Gasteiger partial charge in [-0.25, -0.2) is 4.98 Å². The molecule has 34 heavy (non-hydrogen) atoms. The van der Waals surface area contributed by atoms with Gasteiger partial charge in [-0.05, 0) is 57.3 Å². The van der Waals surface area contributed by atoms with Gasteiger partial charge in [0.05, 0.1) is 17.6 Å². The molecule has 1 unspecified atom stereocenters. The molecule has 0 bridgehead atoms. The minimum Gasteiger partial charge on any atom is -0.593 e. The van der Waals surface area contributed by atoms with Crippen LogP contribution >= 0.6 is 11.6 Å². The molecular weight excluding hydrogens is 470 g/mol. The van der Waals surface area contributed by atoms with Crippen LogP contribution in [0.15, 0.2) is 59.6 Å². The van der Waals surface area contributed by atoms with Crippen molar-refractivity contribution in [1.29, 1.82) is 0 Å². The van der Waals surface area contributed by atoms with E-state index in [0.29, 0.717) is 21.7 Å². The van der Waals surface area contributed by atoms with Crippen LogP contribution in [0.5, 0.6) is 0 Å². The molecular formula is C24H30ClN7OS. The lowest BCUT2D eigenvalue weighted by Gasteiger charge is -2.34. The molecule has 2 heterocycles. The first kappa shape index (κ1) is 24.6. The number of benzene rings is 2. The highest BCUT2D eigenvalue weighted by Gasteiger charge is 2.15. The van der Waals surface area contributed by atoms with E-state index in [-0.39, 0.29) is 6.04 Å². The van der Waals surface area contributed by atoms with E-state index in [4.69, 9.17) is 11.6 Å². The average Bonchev–Trinajstić information content (AvgIpc) is 2.82. The van der Waals surface area contributed by atoms with E-state index in [2.05, 4.69) is 54.3 Å². The Morgan fingerprint density at radius 2 is 1.74 bits per heavy atom. The van der Waals surface area contributed by atoms with Crippen LogP contribution in [0.25, 0.3) is 0 Å². The van der Waals surface area contributed by atoms with Crippen LogP contribution in [0.3, 0.4) is 0 Å². The summed E-state index contributed by atoms with van der Waals surface area (Å²) in [7, 11) is 2.15. The standard InChI is InChI=1S/C24H30ClN7OS/c1-17(2)30-34(33)21-6-4-5-19(15-21)27-23-22(25)16-26-24(29-23)28-18-7-9-20(10-8-18)32-13-11-31(3)12-14-32/h4-10,15-17,30H,11-14H2,1-3H3,(H2,26,27,28,29). The fourth-order valence-electron chi connectivity index (χ4n) is 3.57. The lowest BCUT2D eigenvalue weighted by atomic mass is 10.2. The summed E-state index contributed by atoms with van der Waals surface area (Å²) >= 11 is 5.04. The summed E-state index contributed by atoms with van der Waals surface area (Å²) in [6.45, 7) is 8.11. The topological polar surface area (TPSA) is 91.4 Å². The van der Waals surface area contributed by atoms with Gasteiger partial charge >= 0.3 is 0 Å². The zero-order valence-corrected chi connectivity index (χ0v) is 21.2. The van der Waals surface area contributed by atoms with Gasteiger partial charge in [0.2, 0.25) is 5.95 Å². The summed E-state index contributed by atoms with van der Waals surface area (Å²) in [5.74, 6) is 0.897. The zero-order chi connectivity index (χ0) is 24.1. The van der Waals surface area contributed by atoms with Gasteiger partial charge in [-0.3, -0.25) is 0 Å². The second-order valence-electron chi connectivity index (χ2n) is 8.55. The third-order valence-corrected chi connectivity index (χ3v) is 7.03. The monoisotopic (exact) mass is 499 g/mol. The highest BCUT2D eigenvalue weighted by atomic mass is 35.5. The number of likely N-dealkylation sites (N-methyl/N-ethyl adjacent to an activating group) is 1. The number of aromatic nitrogens is 2. The highest BCUT2D eigenvalue weighted by Crippen LogP contribution is 2.27. The van der Waals surface area contributed by atoms with E-state index in [0.717, 1.165) is 37.6 Å². The minimum absolute atomic E-state index is 0.109. The SMILES string of the molecule is CC(C)N[S+]([O-])c1cccc(Nc2nc(Nc3ccc(N4CCN(C)CC4)cc3)ncc2Cl)c1. The highest BCUT2D eigenvalue weighted by molar-refractivity contribution is 7.89. The summed E-state index contributed by atoms with van der Waals surface area (Å²) in [5.41, 5.74) is 2.84. The Kier molecular flexibility index (Phi) is 8.12. The smallest absolute Gasteiger partial charge is 0.229 e. The first-order valence-electron chi connectivity index (χ1n) is 11.3. The summed E-state index contributed by atoms with van der Waals surface area (Å²) < 4.78 is 15.4. The molecule has 180 valence electrons. The number of nitrogens with one attached hydrogen (secondary N) is 3. The third kappa shape index (κ3) is 6.52. The van der Waals surface area contributed by atoms with E-state index < -0.39 is 11.4 Å². The lowest BCUT2D eigenvalue weighted by Crippen LogP contribution is -2.44. The molecule has 1 aliphatic rings. The number of nitrogens with zero attached hydrogens (tertiary/aromatic N) is 4. The Bertz CT molecular complexity index is 1090. The molecule has 4 rings (SSSR count). The van der Waals surface area contributed by atoms with Crippen LogP contribution in [-0.2, 0) is 11.4 Å². The van der Waals surface area contributed by atoms with Crippen molar-refractivity contribution in [2.45, 2.75) is 24.8 Å². The van der Waals surface area contributed by atoms with Crippen molar-refractivity contribution in [3.05, 3.63) is 59.8 Å². The van der Waals surface area contributed by atoms with E-state index >= 15 is 0 Å². The maximum atomic E-state index is 12.4. The van der Waals surface area contributed by atoms with Gasteiger partial charge in [0, 0.05) is 55.3 Å². The van der Waals surface area contributed by atoms with Crippen LogP contribution in [-0.4, -0.2) is 58.7 Å². The summed E-state index contributed by atoms with van der Waals surface area (Å²) in [5, 5.41) is 6.84. The molecule has 3 aromatic rings. The van der Waals surface area contributed by atoms with Crippen LogP contribution in [0.4, 0.5) is 28.8 Å². The maximum absolute atomic E-state index is 12.4. The molecule has 1 saturated heterocycles. The third-order valence-electron chi connectivity index (χ3n) is 5.39. The van der Waals surface area contributed by atoms with E-state index in [1.165, 1.54) is 5.69 Å². The molecule has 1 aromatic heterocycles. The first-order valence-corrected chi connectivity index (χ1v) is 12.8. The van der Waals surface area contributed by atoms with Crippen LogP contribution in [0.1, 0.15) is 13.8 Å². The van der Waals surface area contributed by atoms with E-state index in [1.54, 1.807) is 6.20 Å². The van der Waals surface area contributed by atoms with Gasteiger partial charge in [0.25, 0.3) is 0 Å². The first-order chi connectivity index (χ1) is 16.4. The Hall–Kier alpha value is -2.56. The second-order valence-corrected chi connectivity index (χ2v) is 10.2. The van der Waals surface area contributed by atoms with E-state index in [9.17, 15) is 4.55 Å². The summed E-state index contributed by atoms with van der Waals surface area (Å²) in [6.07, 6.45) is 1.56. The molecule has 10 heteroatoms. The molecule has 0 amide bonds. The largest absolute Gasteiger partial charge is 0.593 e. The molecule has 2 aromatic carbocycles. The Balaban J connectivity index is 1.43. The minimum atomic E-state index is -1.30. The molecule has 0 spiro atoms. The number of halogens is 1. The predicted molar refractivity (Wildman–Crippen MR) is 141 cm³/mol. The van der Waals surface area contributed by atoms with Crippen LogP contribution in [0, 0.1) is 0 Å². The molecule has 3 N–H and O–H groups in total. The Morgan fingerprint density at radius 1 is 1.00 bits per heavy atom. The normalized spacial score (nSPS) is 15.4. The van der Waals surface area contributed by atoms with Gasteiger partial charge < -0.3 is 25.0 Å². The number of hydrogen-bond acceptors (Lipinski definition) is 8. The van der Waals surface area contributed by atoms with Gasteiger partial charge in [0.1, 0.15) is 5.02 Å². The van der Waals surface area contributed by atoms with Crippen molar-refractivity contribution >= 4 is 51.8 Å². The van der Waals surface area contributed by atoms with Gasteiger partial charge in [0.15, 0.2) is 10.7 Å². The fourth-order valence-corrected chi connectivity index (χ4v) is 4.71. The molecule has 0 aliphatic carbocycles. The van der Waals surface area contributed by atoms with Crippen molar-refractivity contribution in [1.82, 2.24) is 19.6 Å². The second kappa shape index (κ2) is 11.2. The lowest BCUT2D eigenvalue weighted by molar-refractivity contribution is 0.313. The number of hydrogen-bond donors (Lipinski definition) is 3. The summed E-state index contributed by atoms with van der Waals surface area (Å²) in [6, 6.07) is 15.7. The van der Waals surface area contributed by atoms with Crippen LogP contribution < -0.4 is 20.3 Å². The molecule has 0 radical (unpaired) electrons. The number of anilines is 5. The van der Waals surface area contributed by atoms with Crippen molar-refractivity contribution < 1.29 is 4.55 Å². The molecule has 1 fully saturated rings. The molecule has 1 aliphatic heterocycles. The van der Waals surface area contributed by atoms with Crippen LogP contribution in [0.2, 0.25) is 5.02 Å². The van der Waals surface area contributed by atoms with Gasteiger partial charge in [-0.1, -0.05) is 17.7 Å². The molecule has 8 nitrogen and oxygen atoms in total. The quantitative estimate of drug-likeness (QED) is 0.393. The number of piperazine rings is 1. The predicted octanol–water partition coefficient (Wildman–Crippen LogP) is 4.39.